The quantitative estimate of drug-likeness (QED) is 0.758. The molecule has 1 heterocycles. The van der Waals surface area contributed by atoms with Crippen LogP contribution in [0.4, 0.5) is 11.4 Å². The van der Waals surface area contributed by atoms with Gasteiger partial charge in [0, 0.05) is 48.1 Å². The van der Waals surface area contributed by atoms with E-state index in [0.717, 1.165) is 23.0 Å². The van der Waals surface area contributed by atoms with Crippen LogP contribution in [0.2, 0.25) is 0 Å². The van der Waals surface area contributed by atoms with Gasteiger partial charge in [-0.25, -0.2) is 0 Å². The molecule has 0 aliphatic heterocycles. The van der Waals surface area contributed by atoms with Crippen molar-refractivity contribution in [1.29, 1.82) is 0 Å². The maximum Gasteiger partial charge on any atom is 0.0445 e. The molecule has 3 heteroatoms. The number of hydrogen-bond donors (Lipinski definition) is 1. The van der Waals surface area contributed by atoms with E-state index in [0.29, 0.717) is 0 Å². The van der Waals surface area contributed by atoms with E-state index in [1.807, 2.05) is 18.3 Å². The number of benzene rings is 1. The SMILES string of the molecule is CCN(C)c1ccc(N)c2cnccc12. The monoisotopic (exact) mass is 201 g/mol. The van der Waals surface area contributed by atoms with Crippen molar-refractivity contribution < 1.29 is 0 Å². The number of pyridine rings is 1. The average Bonchev–Trinajstić information content (AvgIpc) is 2.29. The first kappa shape index (κ1) is 9.77. The van der Waals surface area contributed by atoms with E-state index in [4.69, 9.17) is 5.73 Å². The summed E-state index contributed by atoms with van der Waals surface area (Å²) in [6.07, 6.45) is 3.62. The predicted octanol–water partition coefficient (Wildman–Crippen LogP) is 2.27. The summed E-state index contributed by atoms with van der Waals surface area (Å²) in [4.78, 5) is 6.30. The number of anilines is 2. The lowest BCUT2D eigenvalue weighted by molar-refractivity contribution is 0.974. The van der Waals surface area contributed by atoms with E-state index in [1.54, 1.807) is 6.20 Å². The number of nitrogens with two attached hydrogens (primary N) is 1. The molecule has 0 radical (unpaired) electrons. The minimum atomic E-state index is 0.784. The van der Waals surface area contributed by atoms with Crippen LogP contribution >= 0.6 is 0 Å². The Morgan fingerprint density at radius 3 is 2.80 bits per heavy atom. The van der Waals surface area contributed by atoms with E-state index in [9.17, 15) is 0 Å². The zero-order valence-corrected chi connectivity index (χ0v) is 9.07. The highest BCUT2D eigenvalue weighted by molar-refractivity contribution is 6.00. The summed E-state index contributed by atoms with van der Waals surface area (Å²) in [5.41, 5.74) is 7.89. The van der Waals surface area contributed by atoms with Gasteiger partial charge in [0.2, 0.25) is 0 Å². The van der Waals surface area contributed by atoms with E-state index < -0.39 is 0 Å². The standard InChI is InChI=1S/C12H15N3/c1-3-15(2)12-5-4-11(13)10-8-14-7-6-9(10)12/h4-8H,3,13H2,1-2H3. The topological polar surface area (TPSA) is 42.1 Å². The van der Waals surface area contributed by atoms with Crippen LogP contribution < -0.4 is 10.6 Å². The zero-order valence-electron chi connectivity index (χ0n) is 9.07. The summed E-state index contributed by atoms with van der Waals surface area (Å²) in [5, 5.41) is 2.18. The molecule has 1 aromatic carbocycles. The molecule has 0 fully saturated rings. The second kappa shape index (κ2) is 3.77. The summed E-state index contributed by atoms with van der Waals surface area (Å²) in [5.74, 6) is 0. The van der Waals surface area contributed by atoms with Crippen molar-refractivity contribution in [2.75, 3.05) is 24.2 Å². The highest BCUT2D eigenvalue weighted by Crippen LogP contribution is 2.29. The third-order valence-electron chi connectivity index (χ3n) is 2.71. The molecule has 0 aliphatic carbocycles. The molecule has 1 aromatic heterocycles. The molecule has 0 aliphatic rings. The largest absolute Gasteiger partial charge is 0.398 e. The molecule has 2 N–H and O–H groups in total. The van der Waals surface area contributed by atoms with Gasteiger partial charge >= 0.3 is 0 Å². The predicted molar refractivity (Wildman–Crippen MR) is 65.1 cm³/mol. The van der Waals surface area contributed by atoms with Crippen LogP contribution in [0, 0.1) is 0 Å². The molecule has 0 unspecified atom stereocenters. The van der Waals surface area contributed by atoms with Crippen molar-refractivity contribution >= 4 is 22.1 Å². The lowest BCUT2D eigenvalue weighted by Crippen LogP contribution is -2.16. The molecule has 0 saturated heterocycles. The Morgan fingerprint density at radius 2 is 2.07 bits per heavy atom. The molecular weight excluding hydrogens is 186 g/mol. The first-order chi connectivity index (χ1) is 7.24. The Balaban J connectivity index is 2.71. The van der Waals surface area contributed by atoms with Crippen molar-refractivity contribution in [2.45, 2.75) is 6.92 Å². The first-order valence-electron chi connectivity index (χ1n) is 5.07. The van der Waals surface area contributed by atoms with Crippen LogP contribution in [0.15, 0.2) is 30.6 Å². The van der Waals surface area contributed by atoms with Gasteiger partial charge in [-0.05, 0) is 25.1 Å². The third kappa shape index (κ3) is 1.61. The summed E-state index contributed by atoms with van der Waals surface area (Å²) < 4.78 is 0. The van der Waals surface area contributed by atoms with Crippen LogP contribution in [0.5, 0.6) is 0 Å². The van der Waals surface area contributed by atoms with E-state index >= 15 is 0 Å². The molecule has 0 amide bonds. The van der Waals surface area contributed by atoms with Gasteiger partial charge in [0.05, 0.1) is 0 Å². The summed E-state index contributed by atoms with van der Waals surface area (Å²) >= 11 is 0. The van der Waals surface area contributed by atoms with Gasteiger partial charge in [-0.2, -0.15) is 0 Å². The van der Waals surface area contributed by atoms with Crippen molar-refractivity contribution in [3.05, 3.63) is 30.6 Å². The Labute approximate surface area is 89.5 Å². The number of nitrogen functional groups attached to an aromatic ring is 1. The smallest absolute Gasteiger partial charge is 0.0445 e. The van der Waals surface area contributed by atoms with E-state index in [2.05, 4.69) is 29.9 Å². The van der Waals surface area contributed by atoms with Gasteiger partial charge < -0.3 is 10.6 Å². The Bertz CT molecular complexity index is 479. The molecule has 78 valence electrons. The first-order valence-corrected chi connectivity index (χ1v) is 5.07. The highest BCUT2D eigenvalue weighted by Gasteiger charge is 2.06. The molecular formula is C12H15N3. The van der Waals surface area contributed by atoms with Gasteiger partial charge in [-0.15, -0.1) is 0 Å². The molecule has 15 heavy (non-hydrogen) atoms. The fourth-order valence-corrected chi connectivity index (χ4v) is 1.70. The summed E-state index contributed by atoms with van der Waals surface area (Å²) in [6.45, 7) is 3.10. The Kier molecular flexibility index (Phi) is 2.46. The molecule has 2 rings (SSSR count). The van der Waals surface area contributed by atoms with Crippen LogP contribution in [-0.4, -0.2) is 18.6 Å². The number of hydrogen-bond acceptors (Lipinski definition) is 3. The summed E-state index contributed by atoms with van der Waals surface area (Å²) in [6, 6.07) is 6.00. The van der Waals surface area contributed by atoms with E-state index in [-0.39, 0.29) is 0 Å². The molecule has 2 aromatic rings. The number of rotatable bonds is 2. The minimum Gasteiger partial charge on any atom is -0.398 e. The van der Waals surface area contributed by atoms with Gasteiger partial charge in [-0.3, -0.25) is 4.98 Å². The molecule has 0 spiro atoms. The maximum atomic E-state index is 5.91. The third-order valence-corrected chi connectivity index (χ3v) is 2.71. The molecule has 3 nitrogen and oxygen atoms in total. The van der Waals surface area contributed by atoms with Crippen LogP contribution in [-0.2, 0) is 0 Å². The van der Waals surface area contributed by atoms with Crippen molar-refractivity contribution in [3.8, 4) is 0 Å². The minimum absolute atomic E-state index is 0.784. The van der Waals surface area contributed by atoms with Gasteiger partial charge in [0.25, 0.3) is 0 Å². The van der Waals surface area contributed by atoms with E-state index in [1.165, 1.54) is 5.69 Å². The second-order valence-corrected chi connectivity index (χ2v) is 3.61. The normalized spacial score (nSPS) is 10.5. The van der Waals surface area contributed by atoms with Gasteiger partial charge in [-0.1, -0.05) is 0 Å². The van der Waals surface area contributed by atoms with Crippen LogP contribution in [0.1, 0.15) is 6.92 Å². The summed E-state index contributed by atoms with van der Waals surface area (Å²) in [7, 11) is 2.07. The maximum absolute atomic E-state index is 5.91. The number of aromatic nitrogens is 1. The number of nitrogens with zero attached hydrogens (tertiary/aromatic N) is 2. The lowest BCUT2D eigenvalue weighted by Gasteiger charge is -2.19. The molecule has 0 bridgehead atoms. The second-order valence-electron chi connectivity index (χ2n) is 3.61. The van der Waals surface area contributed by atoms with Gasteiger partial charge in [0.1, 0.15) is 0 Å². The highest BCUT2D eigenvalue weighted by atomic mass is 15.1. The van der Waals surface area contributed by atoms with Crippen LogP contribution in [0.25, 0.3) is 10.8 Å². The van der Waals surface area contributed by atoms with Crippen molar-refractivity contribution in [2.24, 2.45) is 0 Å². The van der Waals surface area contributed by atoms with Crippen molar-refractivity contribution in [3.63, 3.8) is 0 Å². The van der Waals surface area contributed by atoms with Gasteiger partial charge in [0.15, 0.2) is 0 Å². The lowest BCUT2D eigenvalue weighted by atomic mass is 10.1. The fourth-order valence-electron chi connectivity index (χ4n) is 1.70. The Morgan fingerprint density at radius 1 is 1.27 bits per heavy atom. The number of fused-ring (bicyclic) bond motifs is 1. The van der Waals surface area contributed by atoms with Crippen molar-refractivity contribution in [1.82, 2.24) is 4.98 Å². The molecule has 0 saturated carbocycles. The van der Waals surface area contributed by atoms with Crippen LogP contribution in [0.3, 0.4) is 0 Å². The zero-order chi connectivity index (χ0) is 10.8. The fraction of sp³-hybridized carbons (Fsp3) is 0.250. The Hall–Kier alpha value is -1.77. The molecule has 0 atom stereocenters. The average molecular weight is 201 g/mol.